The first-order valence-electron chi connectivity index (χ1n) is 6.76. The Balaban J connectivity index is 1.91. The molecule has 1 aromatic carbocycles. The maximum atomic E-state index is 13.3. The van der Waals surface area contributed by atoms with Crippen molar-refractivity contribution >= 4 is 0 Å². The predicted octanol–water partition coefficient (Wildman–Crippen LogP) is 1.78. The van der Waals surface area contributed by atoms with Gasteiger partial charge in [0.1, 0.15) is 17.6 Å². The first-order valence-corrected chi connectivity index (χ1v) is 6.76. The van der Waals surface area contributed by atoms with Crippen molar-refractivity contribution in [3.05, 3.63) is 47.0 Å². The number of hydrogen-bond donors (Lipinski definition) is 1. The predicted molar refractivity (Wildman–Crippen MR) is 71.3 cm³/mol. The van der Waals surface area contributed by atoms with Crippen LogP contribution in [0.3, 0.4) is 0 Å². The van der Waals surface area contributed by atoms with Gasteiger partial charge in [-0.15, -0.1) is 5.10 Å². The number of benzene rings is 1. The van der Waals surface area contributed by atoms with Crippen LogP contribution in [0, 0.1) is 5.82 Å². The van der Waals surface area contributed by atoms with Crippen LogP contribution in [-0.4, -0.2) is 21.6 Å². The van der Waals surface area contributed by atoms with E-state index in [-0.39, 0.29) is 11.9 Å². The van der Waals surface area contributed by atoms with Gasteiger partial charge in [0.25, 0.3) is 0 Å². The van der Waals surface area contributed by atoms with Crippen molar-refractivity contribution < 1.29 is 9.13 Å². The van der Waals surface area contributed by atoms with Crippen molar-refractivity contribution in [2.45, 2.75) is 32.0 Å². The molecule has 0 aliphatic carbocycles. The fourth-order valence-corrected chi connectivity index (χ4v) is 2.57. The highest BCUT2D eigenvalue weighted by atomic mass is 19.1. The van der Waals surface area contributed by atoms with Gasteiger partial charge in [0.2, 0.25) is 0 Å². The van der Waals surface area contributed by atoms with E-state index < -0.39 is 0 Å². The molecule has 1 aromatic heterocycles. The van der Waals surface area contributed by atoms with Gasteiger partial charge in [-0.3, -0.25) is 0 Å². The number of rotatable bonds is 4. The normalized spacial score (nSPS) is 18.6. The average molecular weight is 276 g/mol. The molecule has 0 saturated carbocycles. The minimum atomic E-state index is -0.250. The lowest BCUT2D eigenvalue weighted by Crippen LogP contribution is -2.13. The molecule has 2 aromatic rings. The standard InChI is InChI=1S/C14H17FN4O/c15-11-4-1-3-10(7-11)9-19-14(12(8-16)17-18-19)13-5-2-6-20-13/h1,3-4,7,13H,2,5-6,8-9,16H2. The van der Waals surface area contributed by atoms with Crippen LogP contribution in [-0.2, 0) is 17.8 Å². The summed E-state index contributed by atoms with van der Waals surface area (Å²) in [4.78, 5) is 0. The Bertz CT molecular complexity index is 593. The summed E-state index contributed by atoms with van der Waals surface area (Å²) in [7, 11) is 0. The Morgan fingerprint density at radius 1 is 1.45 bits per heavy atom. The molecule has 3 rings (SSSR count). The van der Waals surface area contributed by atoms with Crippen LogP contribution in [0.2, 0.25) is 0 Å². The molecule has 6 heteroatoms. The molecule has 0 radical (unpaired) electrons. The summed E-state index contributed by atoms with van der Waals surface area (Å²) in [6.45, 7) is 1.55. The van der Waals surface area contributed by atoms with Crippen molar-refractivity contribution in [1.82, 2.24) is 15.0 Å². The van der Waals surface area contributed by atoms with Gasteiger partial charge >= 0.3 is 0 Å². The fourth-order valence-electron chi connectivity index (χ4n) is 2.57. The van der Waals surface area contributed by atoms with E-state index in [1.807, 2.05) is 6.07 Å². The Morgan fingerprint density at radius 3 is 3.05 bits per heavy atom. The van der Waals surface area contributed by atoms with E-state index in [2.05, 4.69) is 10.3 Å². The molecule has 1 fully saturated rings. The lowest BCUT2D eigenvalue weighted by Gasteiger charge is -2.13. The summed E-state index contributed by atoms with van der Waals surface area (Å²) in [6.07, 6.45) is 1.97. The third-order valence-electron chi connectivity index (χ3n) is 3.50. The van der Waals surface area contributed by atoms with Gasteiger partial charge in [-0.25, -0.2) is 9.07 Å². The molecule has 1 atom stereocenters. The largest absolute Gasteiger partial charge is 0.372 e. The molecule has 2 N–H and O–H groups in total. The third kappa shape index (κ3) is 2.57. The monoisotopic (exact) mass is 276 g/mol. The molecule has 106 valence electrons. The van der Waals surface area contributed by atoms with E-state index in [9.17, 15) is 4.39 Å². The van der Waals surface area contributed by atoms with Crippen molar-refractivity contribution in [3.63, 3.8) is 0 Å². The Hall–Kier alpha value is -1.79. The van der Waals surface area contributed by atoms with E-state index in [1.54, 1.807) is 10.7 Å². The summed E-state index contributed by atoms with van der Waals surface area (Å²) in [5.74, 6) is -0.250. The quantitative estimate of drug-likeness (QED) is 0.924. The highest BCUT2D eigenvalue weighted by Crippen LogP contribution is 2.30. The van der Waals surface area contributed by atoms with Gasteiger partial charge < -0.3 is 10.5 Å². The second-order valence-corrected chi connectivity index (χ2v) is 4.91. The number of nitrogens with zero attached hydrogens (tertiary/aromatic N) is 3. The Kier molecular flexibility index (Phi) is 3.75. The van der Waals surface area contributed by atoms with Crippen LogP contribution >= 0.6 is 0 Å². The summed E-state index contributed by atoms with van der Waals surface area (Å²) >= 11 is 0. The summed E-state index contributed by atoms with van der Waals surface area (Å²) in [6, 6.07) is 6.49. The number of hydrogen-bond acceptors (Lipinski definition) is 4. The molecule has 5 nitrogen and oxygen atoms in total. The lowest BCUT2D eigenvalue weighted by molar-refractivity contribution is 0.104. The maximum absolute atomic E-state index is 13.3. The summed E-state index contributed by atoms with van der Waals surface area (Å²) < 4.78 is 20.7. The number of halogens is 1. The van der Waals surface area contributed by atoms with Gasteiger partial charge in [0.15, 0.2) is 0 Å². The zero-order valence-corrected chi connectivity index (χ0v) is 11.1. The van der Waals surface area contributed by atoms with Crippen LogP contribution in [0.4, 0.5) is 4.39 Å². The van der Waals surface area contributed by atoms with Crippen molar-refractivity contribution in [2.75, 3.05) is 6.61 Å². The minimum absolute atomic E-state index is 0.00268. The van der Waals surface area contributed by atoms with Crippen LogP contribution in [0.15, 0.2) is 24.3 Å². The van der Waals surface area contributed by atoms with E-state index in [0.717, 1.165) is 36.4 Å². The van der Waals surface area contributed by atoms with E-state index in [0.29, 0.717) is 13.1 Å². The average Bonchev–Trinajstić information content (AvgIpc) is 3.07. The van der Waals surface area contributed by atoms with Crippen LogP contribution in [0.5, 0.6) is 0 Å². The molecule has 0 amide bonds. The van der Waals surface area contributed by atoms with Crippen LogP contribution in [0.1, 0.15) is 35.9 Å². The van der Waals surface area contributed by atoms with Gasteiger partial charge in [-0.1, -0.05) is 17.3 Å². The molecule has 1 saturated heterocycles. The molecule has 2 heterocycles. The zero-order valence-electron chi connectivity index (χ0n) is 11.1. The van der Waals surface area contributed by atoms with Gasteiger partial charge in [-0.2, -0.15) is 0 Å². The summed E-state index contributed by atoms with van der Waals surface area (Å²) in [5, 5.41) is 8.25. The second kappa shape index (κ2) is 5.68. The van der Waals surface area contributed by atoms with E-state index in [4.69, 9.17) is 10.5 Å². The third-order valence-corrected chi connectivity index (χ3v) is 3.50. The molecular formula is C14H17FN4O. The van der Waals surface area contributed by atoms with Crippen molar-refractivity contribution in [2.24, 2.45) is 5.73 Å². The van der Waals surface area contributed by atoms with Gasteiger partial charge in [0.05, 0.1) is 12.2 Å². The smallest absolute Gasteiger partial charge is 0.123 e. The number of ether oxygens (including phenoxy) is 1. The maximum Gasteiger partial charge on any atom is 0.123 e. The molecule has 0 spiro atoms. The Labute approximate surface area is 116 Å². The van der Waals surface area contributed by atoms with E-state index >= 15 is 0 Å². The van der Waals surface area contributed by atoms with Crippen molar-refractivity contribution in [3.8, 4) is 0 Å². The zero-order chi connectivity index (χ0) is 13.9. The summed E-state index contributed by atoms with van der Waals surface area (Å²) in [5.41, 5.74) is 8.25. The molecule has 1 aliphatic rings. The second-order valence-electron chi connectivity index (χ2n) is 4.91. The van der Waals surface area contributed by atoms with Crippen molar-refractivity contribution in [1.29, 1.82) is 0 Å². The number of aromatic nitrogens is 3. The molecule has 20 heavy (non-hydrogen) atoms. The fraction of sp³-hybridized carbons (Fsp3) is 0.429. The number of nitrogens with two attached hydrogens (primary N) is 1. The van der Waals surface area contributed by atoms with Gasteiger partial charge in [0, 0.05) is 13.2 Å². The lowest BCUT2D eigenvalue weighted by atomic mass is 10.1. The van der Waals surface area contributed by atoms with E-state index in [1.165, 1.54) is 12.1 Å². The topological polar surface area (TPSA) is 66.0 Å². The molecule has 1 aliphatic heterocycles. The first-order chi connectivity index (χ1) is 9.78. The van der Waals surface area contributed by atoms with Crippen LogP contribution in [0.25, 0.3) is 0 Å². The SMILES string of the molecule is NCc1nnn(Cc2cccc(F)c2)c1C1CCCO1. The van der Waals surface area contributed by atoms with Gasteiger partial charge in [-0.05, 0) is 30.5 Å². The van der Waals surface area contributed by atoms with Crippen LogP contribution < -0.4 is 5.73 Å². The molecule has 0 bridgehead atoms. The Morgan fingerprint density at radius 2 is 2.35 bits per heavy atom. The molecule has 1 unspecified atom stereocenters. The first kappa shape index (κ1) is 13.2. The highest BCUT2D eigenvalue weighted by Gasteiger charge is 2.26. The molecular weight excluding hydrogens is 259 g/mol. The minimum Gasteiger partial charge on any atom is -0.372 e. The highest BCUT2D eigenvalue weighted by molar-refractivity contribution is 5.20.